The first-order valence-corrected chi connectivity index (χ1v) is 12.4. The van der Waals surface area contributed by atoms with Crippen molar-refractivity contribution < 1.29 is 24.4 Å². The first kappa shape index (κ1) is 29.4. The van der Waals surface area contributed by atoms with Crippen molar-refractivity contribution in [1.29, 1.82) is 5.26 Å². The molecule has 37 heavy (non-hydrogen) atoms. The minimum atomic E-state index is -1.61. The van der Waals surface area contributed by atoms with Crippen LogP contribution in [0.25, 0.3) is 0 Å². The van der Waals surface area contributed by atoms with Crippen molar-refractivity contribution in [2.24, 2.45) is 5.92 Å². The van der Waals surface area contributed by atoms with Gasteiger partial charge in [-0.1, -0.05) is 48.4 Å². The van der Waals surface area contributed by atoms with E-state index in [-0.39, 0.29) is 25.0 Å². The highest BCUT2D eigenvalue weighted by Crippen LogP contribution is 2.20. The highest BCUT2D eigenvalue weighted by molar-refractivity contribution is 6.43. The third kappa shape index (κ3) is 10.4. The molecule has 0 aliphatic heterocycles. The number of carbonyl (C=O) groups is 2. The van der Waals surface area contributed by atoms with E-state index in [2.05, 4.69) is 17.2 Å². The highest BCUT2D eigenvalue weighted by atomic mass is 16.5. The van der Waals surface area contributed by atoms with Gasteiger partial charge in [0.2, 0.25) is 5.91 Å². The Bertz CT molecular complexity index is 1100. The van der Waals surface area contributed by atoms with Gasteiger partial charge in [0, 0.05) is 31.7 Å². The van der Waals surface area contributed by atoms with Gasteiger partial charge in [0.05, 0.1) is 6.07 Å². The number of hydrogen-bond donors (Lipinski definition) is 3. The number of nitrogens with one attached hydrogen (secondary N) is 1. The monoisotopic (exact) mass is 503 g/mol. The summed E-state index contributed by atoms with van der Waals surface area (Å²) in [7, 11) is -1.61. The first-order chi connectivity index (χ1) is 17.9. The van der Waals surface area contributed by atoms with E-state index in [1.165, 1.54) is 0 Å². The van der Waals surface area contributed by atoms with E-state index in [4.69, 9.17) is 4.74 Å². The highest BCUT2D eigenvalue weighted by Gasteiger charge is 2.26. The average Bonchev–Trinajstić information content (AvgIpc) is 2.90. The number of hydrogen-bond acceptors (Lipinski definition) is 6. The molecular weight excluding hydrogens is 469 g/mol. The van der Waals surface area contributed by atoms with Crippen LogP contribution in [0.2, 0.25) is 5.82 Å². The van der Waals surface area contributed by atoms with Crippen LogP contribution in [0.5, 0.6) is 5.75 Å². The molecule has 2 aromatic rings. The topological polar surface area (TPSA) is 123 Å². The van der Waals surface area contributed by atoms with Crippen LogP contribution >= 0.6 is 0 Å². The van der Waals surface area contributed by atoms with Crippen LogP contribution in [0.1, 0.15) is 37.8 Å². The molecular formula is C28H34BN3O5. The molecule has 0 aliphatic carbocycles. The Morgan fingerprint density at radius 2 is 1.78 bits per heavy atom. The van der Waals surface area contributed by atoms with Crippen molar-refractivity contribution in [2.75, 3.05) is 19.8 Å². The van der Waals surface area contributed by atoms with Crippen molar-refractivity contribution in [3.63, 3.8) is 0 Å². The van der Waals surface area contributed by atoms with Crippen LogP contribution in [0.3, 0.4) is 0 Å². The fourth-order valence-corrected chi connectivity index (χ4v) is 3.75. The smallest absolute Gasteiger partial charge is 0.455 e. The zero-order valence-corrected chi connectivity index (χ0v) is 21.4. The number of amides is 2. The zero-order chi connectivity index (χ0) is 27.0. The minimum Gasteiger partial charge on any atom is -0.473 e. The number of carbonyl (C=O) groups excluding carboxylic acids is 2. The van der Waals surface area contributed by atoms with Crippen molar-refractivity contribution in [3.05, 3.63) is 65.7 Å². The Labute approximate surface area is 219 Å². The van der Waals surface area contributed by atoms with Crippen molar-refractivity contribution in [3.8, 4) is 23.7 Å². The number of ether oxygens (including phenoxy) is 1. The fraction of sp³-hybridized carbons (Fsp3) is 0.393. The molecule has 0 spiro atoms. The number of nitrogens with zero attached hydrogens (tertiary/aromatic N) is 2. The van der Waals surface area contributed by atoms with Gasteiger partial charge >= 0.3 is 7.12 Å². The van der Waals surface area contributed by atoms with Gasteiger partial charge in [0.25, 0.3) is 5.91 Å². The van der Waals surface area contributed by atoms with Gasteiger partial charge in [0.15, 0.2) is 12.6 Å². The number of rotatable bonds is 13. The molecule has 0 saturated heterocycles. The Morgan fingerprint density at radius 3 is 2.43 bits per heavy atom. The van der Waals surface area contributed by atoms with Crippen LogP contribution in [-0.4, -0.2) is 53.7 Å². The second-order valence-electron chi connectivity index (χ2n) is 8.50. The molecule has 9 heteroatoms. The SMILES string of the molecule is CCN(CC)C(=O)C(C#N)C#CCCc1cccc(OCNC(=O)C[C@@H](Cc2ccccc2)B(O)O)c1. The standard InChI is InChI=1S/C28H34BN3O5/c1-3-32(4-2)28(34)24(20-30)15-9-8-13-23-14-10-16-26(18-23)37-21-31-27(33)19-25(29(35)36)17-22-11-6-5-7-12-22/h5-7,10-12,14,16,18,24-25,35-36H,3-4,8,13,17,19,21H2,1-2H3,(H,31,33)/t24?,25-/m1/s1. The van der Waals surface area contributed by atoms with Crippen LogP contribution in [0.4, 0.5) is 0 Å². The molecule has 0 heterocycles. The Hall–Kier alpha value is -3.79. The summed E-state index contributed by atoms with van der Waals surface area (Å²) in [6.07, 6.45) is 1.42. The third-order valence-electron chi connectivity index (χ3n) is 5.85. The minimum absolute atomic E-state index is 0.0465. The molecule has 0 aliphatic rings. The maximum atomic E-state index is 12.3. The summed E-state index contributed by atoms with van der Waals surface area (Å²) in [5, 5.41) is 31.3. The third-order valence-corrected chi connectivity index (χ3v) is 5.85. The normalized spacial score (nSPS) is 11.8. The fourth-order valence-electron chi connectivity index (χ4n) is 3.75. The molecule has 0 radical (unpaired) electrons. The molecule has 2 atom stereocenters. The van der Waals surface area contributed by atoms with Gasteiger partial charge in [0.1, 0.15) is 5.75 Å². The van der Waals surface area contributed by atoms with Crippen LogP contribution in [0, 0.1) is 29.1 Å². The van der Waals surface area contributed by atoms with E-state index in [0.29, 0.717) is 38.1 Å². The van der Waals surface area contributed by atoms with E-state index >= 15 is 0 Å². The summed E-state index contributed by atoms with van der Waals surface area (Å²) in [5.74, 6) is 4.08. The Kier molecular flexibility index (Phi) is 12.8. The van der Waals surface area contributed by atoms with Gasteiger partial charge in [-0.3, -0.25) is 9.59 Å². The molecule has 3 N–H and O–H groups in total. The van der Waals surface area contributed by atoms with E-state index in [1.807, 2.05) is 68.4 Å². The first-order valence-electron chi connectivity index (χ1n) is 12.4. The summed E-state index contributed by atoms with van der Waals surface area (Å²) < 4.78 is 5.64. The molecule has 2 amide bonds. The summed E-state index contributed by atoms with van der Waals surface area (Å²) in [4.78, 5) is 26.2. The van der Waals surface area contributed by atoms with Crippen LogP contribution in [0.15, 0.2) is 54.6 Å². The molecule has 2 rings (SSSR count). The lowest BCUT2D eigenvalue weighted by atomic mass is 9.67. The van der Waals surface area contributed by atoms with Crippen molar-refractivity contribution in [1.82, 2.24) is 10.2 Å². The molecule has 0 saturated carbocycles. The number of aryl methyl sites for hydroxylation is 1. The van der Waals surface area contributed by atoms with E-state index in [9.17, 15) is 24.9 Å². The zero-order valence-electron chi connectivity index (χ0n) is 21.4. The second-order valence-corrected chi connectivity index (χ2v) is 8.50. The van der Waals surface area contributed by atoms with Gasteiger partial charge in [-0.05, 0) is 49.9 Å². The van der Waals surface area contributed by atoms with Crippen molar-refractivity contribution in [2.45, 2.75) is 45.3 Å². The summed E-state index contributed by atoms with van der Waals surface area (Å²) >= 11 is 0. The molecule has 0 aromatic heterocycles. The Morgan fingerprint density at radius 1 is 1.08 bits per heavy atom. The number of nitriles is 1. The number of benzene rings is 2. The van der Waals surface area contributed by atoms with Gasteiger partial charge in [-0.2, -0.15) is 5.26 Å². The average molecular weight is 503 g/mol. The summed E-state index contributed by atoms with van der Waals surface area (Å²) in [6, 6.07) is 18.7. The lowest BCUT2D eigenvalue weighted by Gasteiger charge is -2.18. The molecule has 194 valence electrons. The molecule has 1 unspecified atom stereocenters. The summed E-state index contributed by atoms with van der Waals surface area (Å²) in [5.41, 5.74) is 1.89. The van der Waals surface area contributed by atoms with Crippen LogP contribution in [-0.2, 0) is 22.4 Å². The predicted octanol–water partition coefficient (Wildman–Crippen LogP) is 2.56. The maximum absolute atomic E-state index is 12.3. The largest absolute Gasteiger partial charge is 0.473 e. The van der Waals surface area contributed by atoms with E-state index in [1.54, 1.807) is 11.0 Å². The predicted molar refractivity (Wildman–Crippen MR) is 142 cm³/mol. The van der Waals surface area contributed by atoms with E-state index in [0.717, 1.165) is 11.1 Å². The van der Waals surface area contributed by atoms with Gasteiger partial charge in [-0.25, -0.2) is 0 Å². The lowest BCUT2D eigenvalue weighted by Crippen LogP contribution is -2.34. The lowest BCUT2D eigenvalue weighted by molar-refractivity contribution is -0.131. The van der Waals surface area contributed by atoms with Gasteiger partial charge < -0.3 is 25.0 Å². The van der Waals surface area contributed by atoms with Gasteiger partial charge in [-0.15, -0.1) is 5.92 Å². The molecule has 2 aromatic carbocycles. The second kappa shape index (κ2) is 16.1. The molecule has 8 nitrogen and oxygen atoms in total. The maximum Gasteiger partial charge on any atom is 0.455 e. The summed E-state index contributed by atoms with van der Waals surface area (Å²) in [6.45, 7) is 4.76. The van der Waals surface area contributed by atoms with Crippen LogP contribution < -0.4 is 10.1 Å². The quantitative estimate of drug-likeness (QED) is 0.219. The molecule has 0 fully saturated rings. The van der Waals surface area contributed by atoms with E-state index < -0.39 is 18.9 Å². The molecule has 0 bridgehead atoms. The van der Waals surface area contributed by atoms with Crippen molar-refractivity contribution >= 4 is 18.9 Å². The Balaban J connectivity index is 1.81.